The third kappa shape index (κ3) is 2.85. The molecule has 0 radical (unpaired) electrons. The summed E-state index contributed by atoms with van der Waals surface area (Å²) in [6.45, 7) is 0.300. The Morgan fingerprint density at radius 2 is 1.95 bits per heavy atom. The van der Waals surface area contributed by atoms with E-state index in [9.17, 15) is 4.79 Å². The van der Waals surface area contributed by atoms with Gasteiger partial charge in [-0.15, -0.1) is 11.3 Å². The molecular formula is C13H10ClN5OS. The summed E-state index contributed by atoms with van der Waals surface area (Å²) >= 11 is 7.37. The number of para-hydroxylation sites is 2. The Balaban J connectivity index is 1.90. The minimum Gasteiger partial charge on any atom is -0.325 e. The minimum atomic E-state index is -0.391. The summed E-state index contributed by atoms with van der Waals surface area (Å²) in [5.41, 5.74) is 7.08. The first-order chi connectivity index (χ1) is 10.2. The molecule has 1 amide bonds. The van der Waals surface area contributed by atoms with Crippen molar-refractivity contribution in [3.8, 4) is 0 Å². The summed E-state index contributed by atoms with van der Waals surface area (Å²) in [5.74, 6) is -0.180. The van der Waals surface area contributed by atoms with E-state index >= 15 is 0 Å². The Kier molecular flexibility index (Phi) is 3.78. The van der Waals surface area contributed by atoms with Crippen molar-refractivity contribution in [1.29, 1.82) is 0 Å². The monoisotopic (exact) mass is 319 g/mol. The molecule has 0 unspecified atom stereocenters. The van der Waals surface area contributed by atoms with Gasteiger partial charge in [0.1, 0.15) is 10.7 Å². The van der Waals surface area contributed by atoms with Crippen molar-refractivity contribution >= 4 is 45.7 Å². The van der Waals surface area contributed by atoms with Crippen LogP contribution in [0.25, 0.3) is 11.0 Å². The minimum absolute atomic E-state index is 0.135. The van der Waals surface area contributed by atoms with Crippen LogP contribution in [0.5, 0.6) is 0 Å². The Labute approximate surface area is 129 Å². The quantitative estimate of drug-likeness (QED) is 0.773. The average Bonchev–Trinajstić information content (AvgIpc) is 2.97. The maximum atomic E-state index is 12.1. The Bertz CT molecular complexity index is 819. The van der Waals surface area contributed by atoms with Crippen LogP contribution in [0.2, 0.25) is 5.15 Å². The number of thiazole rings is 1. The fraction of sp³-hybridized carbons (Fsp3) is 0.0769. The predicted octanol–water partition coefficient (Wildman–Crippen LogP) is 2.45. The molecular weight excluding hydrogens is 310 g/mol. The Morgan fingerprint density at radius 3 is 2.62 bits per heavy atom. The number of carbonyl (C=O) groups excluding carboxylic acids is 1. The van der Waals surface area contributed by atoms with Crippen LogP contribution >= 0.6 is 22.9 Å². The number of rotatable bonds is 3. The van der Waals surface area contributed by atoms with Gasteiger partial charge in [0.25, 0.3) is 5.91 Å². The van der Waals surface area contributed by atoms with E-state index < -0.39 is 5.91 Å². The zero-order valence-corrected chi connectivity index (χ0v) is 12.3. The zero-order chi connectivity index (χ0) is 14.8. The highest BCUT2D eigenvalue weighted by Crippen LogP contribution is 2.21. The highest BCUT2D eigenvalue weighted by Gasteiger charge is 2.14. The Morgan fingerprint density at radius 1 is 1.24 bits per heavy atom. The molecule has 1 aromatic carbocycles. The predicted molar refractivity (Wildman–Crippen MR) is 82.5 cm³/mol. The van der Waals surface area contributed by atoms with Gasteiger partial charge < -0.3 is 11.1 Å². The highest BCUT2D eigenvalue weighted by atomic mass is 35.5. The molecule has 0 saturated carbocycles. The number of fused-ring (bicyclic) bond motifs is 1. The number of hydrogen-bond acceptors (Lipinski definition) is 6. The van der Waals surface area contributed by atoms with Crippen molar-refractivity contribution < 1.29 is 4.79 Å². The summed E-state index contributed by atoms with van der Waals surface area (Å²) in [6, 6.07) is 7.27. The molecule has 8 heteroatoms. The molecule has 0 aliphatic heterocycles. The Hall–Kier alpha value is -2.09. The van der Waals surface area contributed by atoms with Crippen LogP contribution in [0.1, 0.15) is 15.5 Å². The van der Waals surface area contributed by atoms with Crippen LogP contribution in [0.3, 0.4) is 0 Å². The van der Waals surface area contributed by atoms with E-state index in [0.717, 1.165) is 0 Å². The van der Waals surface area contributed by atoms with Gasteiger partial charge in [0.05, 0.1) is 11.0 Å². The number of nitrogens with two attached hydrogens (primary N) is 1. The number of halogens is 1. The lowest BCUT2D eigenvalue weighted by Gasteiger charge is -2.05. The fourth-order valence-electron chi connectivity index (χ4n) is 1.74. The SMILES string of the molecule is NCc1nc(C(=O)Nc2nc3ccccc3nc2Cl)cs1. The van der Waals surface area contributed by atoms with Gasteiger partial charge in [0.15, 0.2) is 11.0 Å². The molecule has 0 spiro atoms. The number of carbonyl (C=O) groups is 1. The lowest BCUT2D eigenvalue weighted by molar-refractivity contribution is 0.102. The number of nitrogens with zero attached hydrogens (tertiary/aromatic N) is 3. The van der Waals surface area contributed by atoms with Crippen LogP contribution in [-0.4, -0.2) is 20.9 Å². The zero-order valence-electron chi connectivity index (χ0n) is 10.7. The number of benzene rings is 1. The van der Waals surface area contributed by atoms with Gasteiger partial charge in [0.2, 0.25) is 0 Å². The summed E-state index contributed by atoms with van der Waals surface area (Å²) < 4.78 is 0. The van der Waals surface area contributed by atoms with Crippen LogP contribution in [0.4, 0.5) is 5.82 Å². The van der Waals surface area contributed by atoms with E-state index in [-0.39, 0.29) is 16.7 Å². The van der Waals surface area contributed by atoms with E-state index in [4.69, 9.17) is 17.3 Å². The third-order valence-electron chi connectivity index (χ3n) is 2.72. The van der Waals surface area contributed by atoms with Gasteiger partial charge in [-0.25, -0.2) is 15.0 Å². The second kappa shape index (κ2) is 5.72. The first-order valence-corrected chi connectivity index (χ1v) is 7.31. The first kappa shape index (κ1) is 13.9. The summed E-state index contributed by atoms with van der Waals surface area (Å²) in [7, 11) is 0. The van der Waals surface area contributed by atoms with Gasteiger partial charge in [0, 0.05) is 11.9 Å². The first-order valence-electron chi connectivity index (χ1n) is 6.05. The van der Waals surface area contributed by atoms with Crippen LogP contribution in [0.15, 0.2) is 29.6 Å². The molecule has 2 aromatic heterocycles. The molecule has 0 fully saturated rings. The third-order valence-corrected chi connectivity index (χ3v) is 3.85. The number of amides is 1. The smallest absolute Gasteiger partial charge is 0.276 e. The van der Waals surface area contributed by atoms with E-state index in [2.05, 4.69) is 20.3 Å². The molecule has 0 bridgehead atoms. The normalized spacial score (nSPS) is 10.8. The van der Waals surface area contributed by atoms with Gasteiger partial charge >= 0.3 is 0 Å². The van der Waals surface area contributed by atoms with E-state index in [1.165, 1.54) is 11.3 Å². The van der Waals surface area contributed by atoms with Crippen LogP contribution in [-0.2, 0) is 6.54 Å². The van der Waals surface area contributed by atoms with E-state index in [0.29, 0.717) is 22.6 Å². The molecule has 0 aliphatic carbocycles. The molecule has 0 aliphatic rings. The van der Waals surface area contributed by atoms with E-state index in [1.54, 1.807) is 17.5 Å². The average molecular weight is 320 g/mol. The lowest BCUT2D eigenvalue weighted by atomic mass is 10.3. The topological polar surface area (TPSA) is 93.8 Å². The van der Waals surface area contributed by atoms with Gasteiger partial charge in [-0.2, -0.15) is 0 Å². The summed E-state index contributed by atoms with van der Waals surface area (Å²) in [6.07, 6.45) is 0. The summed E-state index contributed by atoms with van der Waals surface area (Å²) in [4.78, 5) is 24.7. The van der Waals surface area contributed by atoms with Crippen molar-refractivity contribution in [3.63, 3.8) is 0 Å². The largest absolute Gasteiger partial charge is 0.325 e. The number of anilines is 1. The summed E-state index contributed by atoms with van der Waals surface area (Å²) in [5, 5.41) is 5.08. The molecule has 3 N–H and O–H groups in total. The lowest BCUT2D eigenvalue weighted by Crippen LogP contribution is -2.14. The second-order valence-corrected chi connectivity index (χ2v) is 5.44. The molecule has 3 rings (SSSR count). The number of aromatic nitrogens is 3. The maximum Gasteiger partial charge on any atom is 0.276 e. The van der Waals surface area contributed by atoms with Crippen molar-refractivity contribution in [3.05, 3.63) is 45.5 Å². The molecule has 0 saturated heterocycles. The highest BCUT2D eigenvalue weighted by molar-refractivity contribution is 7.09. The molecule has 3 aromatic rings. The van der Waals surface area contributed by atoms with Crippen molar-refractivity contribution in [2.75, 3.05) is 5.32 Å². The van der Waals surface area contributed by atoms with Crippen LogP contribution < -0.4 is 11.1 Å². The molecule has 0 atom stereocenters. The number of hydrogen-bond donors (Lipinski definition) is 2. The second-order valence-electron chi connectivity index (χ2n) is 4.14. The van der Waals surface area contributed by atoms with Crippen LogP contribution in [0, 0.1) is 0 Å². The maximum absolute atomic E-state index is 12.1. The molecule has 21 heavy (non-hydrogen) atoms. The van der Waals surface area contributed by atoms with E-state index in [1.807, 2.05) is 12.1 Å². The van der Waals surface area contributed by atoms with Gasteiger partial charge in [-0.3, -0.25) is 4.79 Å². The fourth-order valence-corrected chi connectivity index (χ4v) is 2.57. The molecule has 2 heterocycles. The number of nitrogens with one attached hydrogen (secondary N) is 1. The van der Waals surface area contributed by atoms with Gasteiger partial charge in [-0.05, 0) is 12.1 Å². The van der Waals surface area contributed by atoms with Crippen molar-refractivity contribution in [2.45, 2.75) is 6.54 Å². The van der Waals surface area contributed by atoms with Crippen molar-refractivity contribution in [1.82, 2.24) is 15.0 Å². The standard InChI is InChI=1S/C13H10ClN5OS/c14-11-12(18-8-4-2-1-3-7(8)17-11)19-13(20)9-6-21-10(5-15)16-9/h1-4,6H,5,15H2,(H,18,19,20). The molecule has 106 valence electrons. The van der Waals surface area contributed by atoms with Crippen molar-refractivity contribution in [2.24, 2.45) is 5.73 Å². The molecule has 6 nitrogen and oxygen atoms in total. The van der Waals surface area contributed by atoms with Gasteiger partial charge in [-0.1, -0.05) is 23.7 Å².